The van der Waals surface area contributed by atoms with E-state index >= 15 is 0 Å². The van der Waals surface area contributed by atoms with E-state index in [2.05, 4.69) is 29.3 Å². The van der Waals surface area contributed by atoms with E-state index in [1.165, 1.54) is 51.4 Å². The van der Waals surface area contributed by atoms with Gasteiger partial charge in [-0.15, -0.1) is 10.2 Å². The monoisotopic (exact) mass is 252 g/mol. The number of hydrogen-bond acceptors (Lipinski definition) is 3. The number of nitrogens with zero attached hydrogens (tertiary/aromatic N) is 4. The smallest absolute Gasteiger partial charge is 0.164 e. The molecule has 1 aromatic rings. The third kappa shape index (κ3) is 6.12. The Hall–Kier alpha value is -0.930. The fourth-order valence-corrected chi connectivity index (χ4v) is 2.32. The van der Waals surface area contributed by atoms with Crippen LogP contribution in [0.4, 0.5) is 0 Å². The summed E-state index contributed by atoms with van der Waals surface area (Å²) >= 11 is 0. The molecule has 18 heavy (non-hydrogen) atoms. The summed E-state index contributed by atoms with van der Waals surface area (Å²) in [6.07, 6.45) is 10.5. The second-order valence-corrected chi connectivity index (χ2v) is 5.25. The zero-order valence-electron chi connectivity index (χ0n) is 12.2. The normalized spacial score (nSPS) is 11.3. The van der Waals surface area contributed by atoms with Crippen molar-refractivity contribution in [2.24, 2.45) is 5.92 Å². The van der Waals surface area contributed by atoms with Gasteiger partial charge in [0.2, 0.25) is 0 Å². The van der Waals surface area contributed by atoms with Gasteiger partial charge >= 0.3 is 0 Å². The van der Waals surface area contributed by atoms with Crippen LogP contribution in [0, 0.1) is 12.8 Å². The fraction of sp³-hybridized carbons (Fsp3) is 0.929. The van der Waals surface area contributed by atoms with Crippen molar-refractivity contribution in [1.29, 1.82) is 0 Å². The molecule has 0 saturated heterocycles. The fourth-order valence-electron chi connectivity index (χ4n) is 2.32. The van der Waals surface area contributed by atoms with E-state index in [0.717, 1.165) is 18.3 Å². The van der Waals surface area contributed by atoms with Crippen molar-refractivity contribution in [2.75, 3.05) is 0 Å². The van der Waals surface area contributed by atoms with Crippen LogP contribution in [-0.4, -0.2) is 20.2 Å². The van der Waals surface area contributed by atoms with E-state index in [1.807, 2.05) is 6.92 Å². The van der Waals surface area contributed by atoms with Crippen molar-refractivity contribution in [3.05, 3.63) is 5.82 Å². The van der Waals surface area contributed by atoms with Gasteiger partial charge in [-0.3, -0.25) is 0 Å². The summed E-state index contributed by atoms with van der Waals surface area (Å²) in [5.41, 5.74) is 0. The molecule has 1 heterocycles. The highest BCUT2D eigenvalue weighted by molar-refractivity contribution is 4.68. The van der Waals surface area contributed by atoms with Crippen molar-refractivity contribution in [1.82, 2.24) is 20.2 Å². The van der Waals surface area contributed by atoms with E-state index < -0.39 is 0 Å². The summed E-state index contributed by atoms with van der Waals surface area (Å²) in [5.74, 6) is 1.49. The van der Waals surface area contributed by atoms with Crippen LogP contribution < -0.4 is 0 Å². The Bertz CT molecular complexity index is 298. The molecule has 0 aliphatic heterocycles. The molecule has 4 nitrogen and oxygen atoms in total. The molecular formula is C14H28N4. The highest BCUT2D eigenvalue weighted by Gasteiger charge is 2.11. The van der Waals surface area contributed by atoms with E-state index in [4.69, 9.17) is 0 Å². The maximum Gasteiger partial charge on any atom is 0.171 e. The number of rotatable bonds is 10. The Morgan fingerprint density at radius 2 is 1.61 bits per heavy atom. The van der Waals surface area contributed by atoms with Crippen LogP contribution in [0.15, 0.2) is 0 Å². The molecule has 0 fully saturated rings. The lowest BCUT2D eigenvalue weighted by Crippen LogP contribution is -2.14. The van der Waals surface area contributed by atoms with Crippen LogP contribution in [-0.2, 0) is 6.54 Å². The number of aromatic nitrogens is 4. The first kappa shape index (κ1) is 15.1. The Balaban J connectivity index is 2.37. The summed E-state index contributed by atoms with van der Waals surface area (Å²) in [6, 6.07) is 0. The second kappa shape index (κ2) is 9.06. The van der Waals surface area contributed by atoms with Gasteiger partial charge in [-0.1, -0.05) is 52.4 Å². The Morgan fingerprint density at radius 1 is 1.00 bits per heavy atom. The van der Waals surface area contributed by atoms with Crippen LogP contribution in [0.5, 0.6) is 0 Å². The van der Waals surface area contributed by atoms with Gasteiger partial charge < -0.3 is 0 Å². The molecule has 0 aliphatic rings. The van der Waals surface area contributed by atoms with Crippen molar-refractivity contribution in [3.63, 3.8) is 0 Å². The number of unbranched alkanes of at least 4 members (excludes halogenated alkanes) is 4. The summed E-state index contributed by atoms with van der Waals surface area (Å²) in [7, 11) is 0. The van der Waals surface area contributed by atoms with E-state index in [0.29, 0.717) is 0 Å². The lowest BCUT2D eigenvalue weighted by molar-refractivity contribution is 0.324. The van der Waals surface area contributed by atoms with E-state index in [1.54, 1.807) is 4.80 Å². The molecule has 0 aliphatic carbocycles. The quantitative estimate of drug-likeness (QED) is 0.595. The minimum Gasteiger partial charge on any atom is -0.164 e. The molecule has 1 rings (SSSR count). The van der Waals surface area contributed by atoms with Crippen molar-refractivity contribution in [3.8, 4) is 0 Å². The van der Waals surface area contributed by atoms with Gasteiger partial charge in [-0.2, -0.15) is 4.80 Å². The number of hydrogen-bond donors (Lipinski definition) is 0. The van der Waals surface area contributed by atoms with E-state index in [9.17, 15) is 0 Å². The van der Waals surface area contributed by atoms with Crippen molar-refractivity contribution in [2.45, 2.75) is 78.7 Å². The lowest BCUT2D eigenvalue weighted by atomic mass is 9.95. The van der Waals surface area contributed by atoms with Gasteiger partial charge in [0.05, 0.1) is 6.54 Å². The van der Waals surface area contributed by atoms with Gasteiger partial charge in [0.1, 0.15) is 0 Å². The first-order chi connectivity index (χ1) is 8.76. The highest BCUT2D eigenvalue weighted by atomic mass is 15.6. The molecule has 4 heteroatoms. The minimum atomic E-state index is 0.719. The maximum absolute atomic E-state index is 4.30. The summed E-state index contributed by atoms with van der Waals surface area (Å²) in [5, 5.41) is 12.3. The largest absolute Gasteiger partial charge is 0.171 e. The second-order valence-electron chi connectivity index (χ2n) is 5.25. The number of aryl methyl sites for hydroxylation is 1. The van der Waals surface area contributed by atoms with Crippen molar-refractivity contribution < 1.29 is 0 Å². The van der Waals surface area contributed by atoms with Crippen LogP contribution >= 0.6 is 0 Å². The maximum atomic E-state index is 4.30. The van der Waals surface area contributed by atoms with Gasteiger partial charge in [-0.05, 0) is 30.9 Å². The summed E-state index contributed by atoms with van der Waals surface area (Å²) < 4.78 is 0. The molecular weight excluding hydrogens is 224 g/mol. The third-order valence-corrected chi connectivity index (χ3v) is 3.41. The van der Waals surface area contributed by atoms with Crippen LogP contribution in [0.2, 0.25) is 0 Å². The Kier molecular flexibility index (Phi) is 7.62. The standard InChI is InChI=1S/C14H28N4/c1-4-6-8-10-14(11-9-7-5-2)12-18-16-13(3)15-17-18/h14H,4-12H2,1-3H3. The van der Waals surface area contributed by atoms with Gasteiger partial charge in [0, 0.05) is 0 Å². The molecule has 104 valence electrons. The topological polar surface area (TPSA) is 43.6 Å². The molecule has 0 atom stereocenters. The van der Waals surface area contributed by atoms with E-state index in [-0.39, 0.29) is 0 Å². The zero-order valence-corrected chi connectivity index (χ0v) is 12.2. The van der Waals surface area contributed by atoms with Crippen LogP contribution in [0.1, 0.15) is 71.0 Å². The molecule has 0 bridgehead atoms. The van der Waals surface area contributed by atoms with Crippen LogP contribution in [0.25, 0.3) is 0 Å². The first-order valence-electron chi connectivity index (χ1n) is 7.50. The Labute approximate surface area is 111 Å². The molecule has 0 N–H and O–H groups in total. The van der Waals surface area contributed by atoms with Crippen molar-refractivity contribution >= 4 is 0 Å². The Morgan fingerprint density at radius 3 is 2.06 bits per heavy atom. The predicted octanol–water partition coefficient (Wildman–Crippen LogP) is 3.76. The predicted molar refractivity (Wildman–Crippen MR) is 74.3 cm³/mol. The summed E-state index contributed by atoms with van der Waals surface area (Å²) in [4.78, 5) is 1.78. The SMILES string of the molecule is CCCCCC(CCCCC)Cn1nnc(C)n1. The lowest BCUT2D eigenvalue weighted by Gasteiger charge is -2.15. The zero-order chi connectivity index (χ0) is 13.2. The first-order valence-corrected chi connectivity index (χ1v) is 7.50. The van der Waals surface area contributed by atoms with Gasteiger partial charge in [0.25, 0.3) is 0 Å². The molecule has 0 radical (unpaired) electrons. The molecule has 0 unspecified atom stereocenters. The summed E-state index contributed by atoms with van der Waals surface area (Å²) in [6.45, 7) is 7.35. The average Bonchev–Trinajstić information content (AvgIpc) is 2.75. The number of tetrazole rings is 1. The molecule has 0 aromatic carbocycles. The molecule has 0 spiro atoms. The average molecular weight is 252 g/mol. The third-order valence-electron chi connectivity index (χ3n) is 3.41. The molecule has 0 saturated carbocycles. The van der Waals surface area contributed by atoms with Gasteiger partial charge in [-0.25, -0.2) is 0 Å². The van der Waals surface area contributed by atoms with Crippen LogP contribution in [0.3, 0.4) is 0 Å². The minimum absolute atomic E-state index is 0.719. The molecule has 1 aromatic heterocycles. The highest BCUT2D eigenvalue weighted by Crippen LogP contribution is 2.18. The molecule has 0 amide bonds. The van der Waals surface area contributed by atoms with Gasteiger partial charge in [0.15, 0.2) is 5.82 Å².